The number of aromatic nitrogens is 1. The summed E-state index contributed by atoms with van der Waals surface area (Å²) < 4.78 is 13.2. The van der Waals surface area contributed by atoms with Crippen LogP contribution < -0.4 is 16.6 Å². The number of hydrogen-bond donors (Lipinski definition) is 3. The van der Waals surface area contributed by atoms with E-state index in [1.54, 1.807) is 13.8 Å². The molecule has 0 saturated carbocycles. The number of rotatable bonds is 3. The number of nitrogens with one attached hydrogen (secondary N) is 2. The van der Waals surface area contributed by atoms with Crippen LogP contribution in [-0.2, 0) is 0 Å². The molecule has 0 saturated heterocycles. The molecule has 0 atom stereocenters. The van der Waals surface area contributed by atoms with E-state index in [2.05, 4.69) is 10.3 Å². The van der Waals surface area contributed by atoms with Gasteiger partial charge in [-0.25, -0.2) is 4.39 Å². The minimum atomic E-state index is -0.591. The lowest BCUT2D eigenvalue weighted by molar-refractivity contribution is 0.0917. The van der Waals surface area contributed by atoms with Gasteiger partial charge in [0.15, 0.2) is 0 Å². The lowest BCUT2D eigenvalue weighted by Crippen LogP contribution is -2.49. The van der Waals surface area contributed by atoms with Crippen molar-refractivity contribution in [3.8, 4) is 0 Å². The van der Waals surface area contributed by atoms with Crippen LogP contribution in [0.5, 0.6) is 0 Å². The van der Waals surface area contributed by atoms with Gasteiger partial charge in [-0.3, -0.25) is 9.59 Å². The Balaban J connectivity index is 0.00000220. The second-order valence-corrected chi connectivity index (χ2v) is 5.28. The van der Waals surface area contributed by atoms with E-state index in [-0.39, 0.29) is 30.0 Å². The standard InChI is InChI=1S/C14H16FN3O2.ClH/c1-14(2,7-16)18-13(20)10-6-12(19)17-11-5-8(15)3-4-9(10)11;/h3-6H,7,16H2,1-2H3,(H,17,19)(H,18,20);1H. The minimum absolute atomic E-state index is 0. The molecule has 21 heavy (non-hydrogen) atoms. The van der Waals surface area contributed by atoms with E-state index in [4.69, 9.17) is 5.73 Å². The summed E-state index contributed by atoms with van der Waals surface area (Å²) in [5, 5.41) is 3.23. The molecule has 0 aliphatic rings. The summed E-state index contributed by atoms with van der Waals surface area (Å²) in [6, 6.07) is 5.08. The molecule has 5 nitrogen and oxygen atoms in total. The molecule has 0 aliphatic carbocycles. The Hall–Kier alpha value is -1.92. The van der Waals surface area contributed by atoms with Crippen LogP contribution in [0.1, 0.15) is 24.2 Å². The lowest BCUT2D eigenvalue weighted by atomic mass is 10.0. The van der Waals surface area contributed by atoms with Gasteiger partial charge in [0, 0.05) is 23.5 Å². The van der Waals surface area contributed by atoms with Crippen molar-refractivity contribution >= 4 is 29.2 Å². The average Bonchev–Trinajstić information content (AvgIpc) is 2.36. The molecule has 2 rings (SSSR count). The third-order valence-corrected chi connectivity index (χ3v) is 3.01. The number of pyridine rings is 1. The highest BCUT2D eigenvalue weighted by Gasteiger charge is 2.21. The van der Waals surface area contributed by atoms with Crippen molar-refractivity contribution in [2.24, 2.45) is 5.73 Å². The largest absolute Gasteiger partial charge is 0.346 e. The fraction of sp³-hybridized carbons (Fsp3) is 0.286. The molecule has 7 heteroatoms. The zero-order chi connectivity index (χ0) is 14.9. The molecule has 4 N–H and O–H groups in total. The molecular weight excluding hydrogens is 297 g/mol. The van der Waals surface area contributed by atoms with Gasteiger partial charge in [0.25, 0.3) is 5.91 Å². The maximum absolute atomic E-state index is 13.2. The van der Waals surface area contributed by atoms with E-state index >= 15 is 0 Å². The van der Waals surface area contributed by atoms with Gasteiger partial charge in [0.2, 0.25) is 5.56 Å². The van der Waals surface area contributed by atoms with Crippen LogP contribution in [0.25, 0.3) is 10.9 Å². The Morgan fingerprint density at radius 1 is 1.38 bits per heavy atom. The van der Waals surface area contributed by atoms with Crippen molar-refractivity contribution < 1.29 is 9.18 Å². The number of fused-ring (bicyclic) bond motifs is 1. The molecule has 114 valence electrons. The number of aromatic amines is 1. The first-order chi connectivity index (χ1) is 9.32. The summed E-state index contributed by atoms with van der Waals surface area (Å²) in [4.78, 5) is 26.3. The summed E-state index contributed by atoms with van der Waals surface area (Å²) in [5.74, 6) is -0.892. The fourth-order valence-corrected chi connectivity index (χ4v) is 1.85. The third kappa shape index (κ3) is 3.80. The Labute approximate surface area is 127 Å². The van der Waals surface area contributed by atoms with Crippen molar-refractivity contribution in [1.29, 1.82) is 0 Å². The smallest absolute Gasteiger partial charge is 0.252 e. The van der Waals surface area contributed by atoms with E-state index < -0.39 is 22.8 Å². The fourth-order valence-electron chi connectivity index (χ4n) is 1.85. The van der Waals surface area contributed by atoms with Crippen LogP contribution in [-0.4, -0.2) is 23.0 Å². The molecule has 0 spiro atoms. The molecule has 0 fully saturated rings. The lowest BCUT2D eigenvalue weighted by Gasteiger charge is -2.24. The van der Waals surface area contributed by atoms with Crippen LogP contribution in [0.4, 0.5) is 4.39 Å². The number of hydrogen-bond acceptors (Lipinski definition) is 3. The normalized spacial score (nSPS) is 11.0. The second kappa shape index (κ2) is 6.24. The number of nitrogens with two attached hydrogens (primary N) is 1. The van der Waals surface area contributed by atoms with Crippen molar-refractivity contribution in [1.82, 2.24) is 10.3 Å². The third-order valence-electron chi connectivity index (χ3n) is 3.01. The van der Waals surface area contributed by atoms with Gasteiger partial charge in [-0.05, 0) is 32.0 Å². The summed E-state index contributed by atoms with van der Waals surface area (Å²) >= 11 is 0. The van der Waals surface area contributed by atoms with Crippen LogP contribution in [0.2, 0.25) is 0 Å². The zero-order valence-corrected chi connectivity index (χ0v) is 12.5. The molecule has 1 aromatic carbocycles. The van der Waals surface area contributed by atoms with Crippen molar-refractivity contribution in [2.75, 3.05) is 6.54 Å². The van der Waals surface area contributed by atoms with E-state index in [1.807, 2.05) is 0 Å². The number of halogens is 2. The zero-order valence-electron chi connectivity index (χ0n) is 11.7. The Kier molecular flexibility index (Phi) is 5.09. The van der Waals surface area contributed by atoms with Gasteiger partial charge in [-0.2, -0.15) is 0 Å². The van der Waals surface area contributed by atoms with Crippen LogP contribution in [0.15, 0.2) is 29.1 Å². The molecule has 1 heterocycles. The number of amides is 1. The molecule has 0 bridgehead atoms. The van der Waals surface area contributed by atoms with Gasteiger partial charge in [-0.15, -0.1) is 12.4 Å². The number of carbonyl (C=O) groups excluding carboxylic acids is 1. The van der Waals surface area contributed by atoms with Gasteiger partial charge in [0.05, 0.1) is 11.1 Å². The van der Waals surface area contributed by atoms with E-state index in [9.17, 15) is 14.0 Å². The van der Waals surface area contributed by atoms with E-state index in [0.717, 1.165) is 0 Å². The first kappa shape index (κ1) is 17.1. The Bertz CT molecular complexity index is 728. The van der Waals surface area contributed by atoms with Crippen molar-refractivity contribution in [3.63, 3.8) is 0 Å². The first-order valence-corrected chi connectivity index (χ1v) is 6.17. The minimum Gasteiger partial charge on any atom is -0.346 e. The molecule has 1 amide bonds. The van der Waals surface area contributed by atoms with Crippen molar-refractivity contribution in [3.05, 3.63) is 46.0 Å². The van der Waals surface area contributed by atoms with Gasteiger partial charge in [-0.1, -0.05) is 0 Å². The maximum Gasteiger partial charge on any atom is 0.252 e. The van der Waals surface area contributed by atoms with Gasteiger partial charge >= 0.3 is 0 Å². The first-order valence-electron chi connectivity index (χ1n) is 6.17. The number of carbonyl (C=O) groups is 1. The van der Waals surface area contributed by atoms with Crippen LogP contribution >= 0.6 is 12.4 Å². The summed E-state index contributed by atoms with van der Waals surface area (Å²) in [6.45, 7) is 3.81. The Morgan fingerprint density at radius 2 is 2.05 bits per heavy atom. The highest BCUT2D eigenvalue weighted by atomic mass is 35.5. The summed E-state index contributed by atoms with van der Waals surface area (Å²) in [5.41, 5.74) is 5.00. The molecular formula is C14H17ClFN3O2. The number of H-pyrrole nitrogens is 1. The highest BCUT2D eigenvalue weighted by Crippen LogP contribution is 2.17. The Morgan fingerprint density at radius 3 is 2.67 bits per heavy atom. The topological polar surface area (TPSA) is 88.0 Å². The highest BCUT2D eigenvalue weighted by molar-refractivity contribution is 6.06. The predicted octanol–water partition coefficient (Wildman–Crippen LogP) is 1.56. The average molecular weight is 314 g/mol. The van der Waals surface area contributed by atoms with Crippen molar-refractivity contribution in [2.45, 2.75) is 19.4 Å². The van der Waals surface area contributed by atoms with E-state index in [0.29, 0.717) is 5.39 Å². The predicted molar refractivity (Wildman–Crippen MR) is 82.4 cm³/mol. The maximum atomic E-state index is 13.2. The molecule has 2 aromatic rings. The van der Waals surface area contributed by atoms with Gasteiger partial charge < -0.3 is 16.0 Å². The molecule has 1 aromatic heterocycles. The summed E-state index contributed by atoms with van der Waals surface area (Å²) in [6.07, 6.45) is 0. The monoisotopic (exact) mass is 313 g/mol. The van der Waals surface area contributed by atoms with E-state index in [1.165, 1.54) is 24.3 Å². The van der Waals surface area contributed by atoms with Gasteiger partial charge in [0.1, 0.15) is 5.82 Å². The molecule has 0 radical (unpaired) electrons. The van der Waals surface area contributed by atoms with Crippen LogP contribution in [0.3, 0.4) is 0 Å². The number of benzene rings is 1. The second-order valence-electron chi connectivity index (χ2n) is 5.28. The SMILES string of the molecule is CC(C)(CN)NC(=O)c1cc(=O)[nH]c2cc(F)ccc12.Cl. The quantitative estimate of drug-likeness (QED) is 0.803. The molecule has 0 aliphatic heterocycles. The van der Waals surface area contributed by atoms with Crippen LogP contribution in [0, 0.1) is 5.82 Å². The molecule has 0 unspecified atom stereocenters. The summed E-state index contributed by atoms with van der Waals surface area (Å²) in [7, 11) is 0.